The van der Waals surface area contributed by atoms with Gasteiger partial charge in [0.1, 0.15) is 5.02 Å². The first kappa shape index (κ1) is 22.5. The predicted molar refractivity (Wildman–Crippen MR) is 130 cm³/mol. The number of aryl methyl sites for hydroxylation is 2. The summed E-state index contributed by atoms with van der Waals surface area (Å²) in [7, 11) is 1.59. The number of nitrogens with zero attached hydrogens (tertiary/aromatic N) is 2. The van der Waals surface area contributed by atoms with Crippen molar-refractivity contribution in [2.75, 3.05) is 24.2 Å². The summed E-state index contributed by atoms with van der Waals surface area (Å²) >= 11 is 6.37. The Morgan fingerprint density at radius 2 is 1.94 bits per heavy atom. The second-order valence-corrected chi connectivity index (χ2v) is 8.39. The number of nitrogens with one attached hydrogen (secondary N) is 4. The Morgan fingerprint density at radius 3 is 2.73 bits per heavy atom. The van der Waals surface area contributed by atoms with E-state index in [2.05, 4.69) is 31.2 Å². The number of aromatic nitrogens is 2. The van der Waals surface area contributed by atoms with Crippen LogP contribution in [0.2, 0.25) is 5.02 Å². The van der Waals surface area contributed by atoms with E-state index in [1.165, 1.54) is 6.20 Å². The summed E-state index contributed by atoms with van der Waals surface area (Å²) in [4.78, 5) is 33.0. The lowest BCUT2D eigenvalue weighted by atomic mass is 10.0. The molecule has 2 aromatic carbocycles. The van der Waals surface area contributed by atoms with E-state index in [0.29, 0.717) is 41.0 Å². The normalized spacial score (nSPS) is 12.9. The molecule has 0 spiro atoms. The van der Waals surface area contributed by atoms with E-state index in [4.69, 9.17) is 11.6 Å². The molecular formula is C24H25ClN6O2. The zero-order chi connectivity index (χ0) is 23.5. The molecule has 2 heterocycles. The monoisotopic (exact) mass is 464 g/mol. The van der Waals surface area contributed by atoms with Gasteiger partial charge in [0, 0.05) is 19.3 Å². The molecule has 0 saturated heterocycles. The van der Waals surface area contributed by atoms with Crippen molar-refractivity contribution in [3.8, 4) is 0 Å². The highest BCUT2D eigenvalue weighted by molar-refractivity contribution is 6.33. The number of anilines is 4. The smallest absolute Gasteiger partial charge is 0.253 e. The summed E-state index contributed by atoms with van der Waals surface area (Å²) in [5.41, 5.74) is 5.96. The van der Waals surface area contributed by atoms with Gasteiger partial charge >= 0.3 is 0 Å². The van der Waals surface area contributed by atoms with E-state index < -0.39 is 0 Å². The molecule has 0 aliphatic carbocycles. The molecule has 1 aliphatic heterocycles. The molecule has 4 rings (SSSR count). The molecular weight excluding hydrogens is 440 g/mol. The molecule has 170 valence electrons. The van der Waals surface area contributed by atoms with Crippen molar-refractivity contribution < 1.29 is 9.59 Å². The maximum Gasteiger partial charge on any atom is 0.253 e. The quantitative estimate of drug-likeness (QED) is 0.457. The van der Waals surface area contributed by atoms with Gasteiger partial charge in [-0.3, -0.25) is 9.59 Å². The summed E-state index contributed by atoms with van der Waals surface area (Å²) < 4.78 is 0. The molecule has 2 amide bonds. The minimum absolute atomic E-state index is 0.0359. The lowest BCUT2D eigenvalue weighted by molar-refractivity contribution is -0.120. The van der Waals surface area contributed by atoms with Crippen LogP contribution in [0.3, 0.4) is 0 Å². The van der Waals surface area contributed by atoms with Crippen molar-refractivity contribution in [1.29, 1.82) is 0 Å². The summed E-state index contributed by atoms with van der Waals surface area (Å²) in [5, 5.41) is 12.3. The average Bonchev–Trinajstić information content (AvgIpc) is 2.97. The van der Waals surface area contributed by atoms with Gasteiger partial charge < -0.3 is 21.3 Å². The molecule has 0 fully saturated rings. The van der Waals surface area contributed by atoms with E-state index in [1.807, 2.05) is 44.2 Å². The van der Waals surface area contributed by atoms with Gasteiger partial charge in [-0.15, -0.1) is 0 Å². The van der Waals surface area contributed by atoms with E-state index in [9.17, 15) is 9.59 Å². The fourth-order valence-corrected chi connectivity index (χ4v) is 4.03. The van der Waals surface area contributed by atoms with Crippen LogP contribution in [-0.4, -0.2) is 35.4 Å². The number of rotatable bonds is 5. The molecule has 1 aliphatic rings. The standard InChI is InChI=1S/C24H25ClN6O2/c1-13-8-14(2)21(18(9-13)23(33)26-3)30-22-19(25)12-28-24(31-22)29-17-5-4-15-11-20(32)27-7-6-16(15)10-17/h4-5,8-10,12H,6-7,11H2,1-3H3,(H,26,33)(H,27,32)(H2,28,29,30,31). The van der Waals surface area contributed by atoms with Crippen LogP contribution in [0.15, 0.2) is 36.5 Å². The Hall–Kier alpha value is -3.65. The fraction of sp³-hybridized carbons (Fsp3) is 0.250. The van der Waals surface area contributed by atoms with E-state index in [0.717, 1.165) is 34.4 Å². The van der Waals surface area contributed by atoms with Crippen LogP contribution >= 0.6 is 11.6 Å². The number of fused-ring (bicyclic) bond motifs is 1. The number of hydrogen-bond donors (Lipinski definition) is 4. The van der Waals surface area contributed by atoms with E-state index in [-0.39, 0.29) is 11.8 Å². The van der Waals surface area contributed by atoms with Crippen LogP contribution in [-0.2, 0) is 17.6 Å². The van der Waals surface area contributed by atoms with Gasteiger partial charge in [0.05, 0.1) is 23.9 Å². The van der Waals surface area contributed by atoms with Gasteiger partial charge in [0.15, 0.2) is 5.82 Å². The highest BCUT2D eigenvalue weighted by Crippen LogP contribution is 2.30. The topological polar surface area (TPSA) is 108 Å². The molecule has 33 heavy (non-hydrogen) atoms. The van der Waals surface area contributed by atoms with Crippen molar-refractivity contribution in [2.24, 2.45) is 0 Å². The lowest BCUT2D eigenvalue weighted by Gasteiger charge is -2.16. The number of hydrogen-bond acceptors (Lipinski definition) is 6. The Morgan fingerprint density at radius 1 is 1.12 bits per heavy atom. The summed E-state index contributed by atoms with van der Waals surface area (Å²) in [6.07, 6.45) is 2.65. The zero-order valence-corrected chi connectivity index (χ0v) is 19.4. The SMILES string of the molecule is CNC(=O)c1cc(C)cc(C)c1Nc1nc(Nc2ccc3c(c2)CCNC(=O)C3)ncc1Cl. The second-order valence-electron chi connectivity index (χ2n) is 7.98. The van der Waals surface area contributed by atoms with Gasteiger partial charge in [-0.2, -0.15) is 4.98 Å². The Balaban J connectivity index is 1.62. The molecule has 1 aromatic heterocycles. The van der Waals surface area contributed by atoms with Gasteiger partial charge in [-0.05, 0) is 60.7 Å². The van der Waals surface area contributed by atoms with Crippen molar-refractivity contribution in [3.63, 3.8) is 0 Å². The fourth-order valence-electron chi connectivity index (χ4n) is 3.89. The van der Waals surface area contributed by atoms with Crippen LogP contribution in [0.5, 0.6) is 0 Å². The van der Waals surface area contributed by atoms with Crippen molar-refractivity contribution in [1.82, 2.24) is 20.6 Å². The Bertz CT molecular complexity index is 1240. The van der Waals surface area contributed by atoms with Gasteiger partial charge in [0.25, 0.3) is 5.91 Å². The van der Waals surface area contributed by atoms with Crippen molar-refractivity contribution >= 4 is 46.6 Å². The molecule has 0 atom stereocenters. The van der Waals surface area contributed by atoms with Crippen LogP contribution in [0.1, 0.15) is 32.6 Å². The second kappa shape index (κ2) is 9.46. The summed E-state index contributed by atoms with van der Waals surface area (Å²) in [5.74, 6) is 0.575. The highest BCUT2D eigenvalue weighted by atomic mass is 35.5. The average molecular weight is 465 g/mol. The summed E-state index contributed by atoms with van der Waals surface area (Å²) in [6.45, 7) is 4.48. The molecule has 4 N–H and O–H groups in total. The predicted octanol–water partition coefficient (Wildman–Crippen LogP) is 3.81. The van der Waals surface area contributed by atoms with Gasteiger partial charge in [-0.25, -0.2) is 4.98 Å². The minimum Gasteiger partial charge on any atom is -0.355 e. The molecule has 0 bridgehead atoms. The Kier molecular flexibility index (Phi) is 6.46. The number of halogens is 1. The summed E-state index contributed by atoms with van der Waals surface area (Å²) in [6, 6.07) is 9.66. The lowest BCUT2D eigenvalue weighted by Crippen LogP contribution is -2.24. The number of amides is 2. The maximum atomic E-state index is 12.4. The maximum absolute atomic E-state index is 12.4. The van der Waals surface area contributed by atoms with Gasteiger partial charge in [-0.1, -0.05) is 23.7 Å². The van der Waals surface area contributed by atoms with Crippen molar-refractivity contribution in [3.05, 3.63) is 69.4 Å². The number of benzene rings is 2. The molecule has 3 aromatic rings. The van der Waals surface area contributed by atoms with Gasteiger partial charge in [0.2, 0.25) is 11.9 Å². The molecule has 0 radical (unpaired) electrons. The van der Waals surface area contributed by atoms with Crippen LogP contribution < -0.4 is 21.3 Å². The third-order valence-electron chi connectivity index (χ3n) is 5.47. The highest BCUT2D eigenvalue weighted by Gasteiger charge is 2.17. The number of carbonyl (C=O) groups is 2. The first-order chi connectivity index (χ1) is 15.8. The van der Waals surface area contributed by atoms with Crippen LogP contribution in [0.4, 0.5) is 23.1 Å². The van der Waals surface area contributed by atoms with E-state index in [1.54, 1.807) is 7.05 Å². The van der Waals surface area contributed by atoms with Crippen molar-refractivity contribution in [2.45, 2.75) is 26.7 Å². The molecule has 0 unspecified atom stereocenters. The first-order valence-electron chi connectivity index (χ1n) is 10.6. The van der Waals surface area contributed by atoms with Crippen LogP contribution in [0.25, 0.3) is 0 Å². The molecule has 8 nitrogen and oxygen atoms in total. The van der Waals surface area contributed by atoms with Crippen LogP contribution in [0, 0.1) is 13.8 Å². The minimum atomic E-state index is -0.203. The zero-order valence-electron chi connectivity index (χ0n) is 18.7. The Labute approximate surface area is 197 Å². The number of carbonyl (C=O) groups excluding carboxylic acids is 2. The third-order valence-corrected chi connectivity index (χ3v) is 5.75. The molecule has 0 saturated carbocycles. The molecule has 9 heteroatoms. The third kappa shape index (κ3) is 5.06. The van der Waals surface area contributed by atoms with E-state index >= 15 is 0 Å². The first-order valence-corrected chi connectivity index (χ1v) is 11.0. The largest absolute Gasteiger partial charge is 0.355 e.